The molecule has 0 unspecified atom stereocenters. The molecule has 1 aliphatic rings. The molecule has 0 saturated carbocycles. The molecule has 0 bridgehead atoms. The third kappa shape index (κ3) is 4.33. The van der Waals surface area contributed by atoms with Crippen LogP contribution in [-0.2, 0) is 11.5 Å². The Kier molecular flexibility index (Phi) is 6.04. The van der Waals surface area contributed by atoms with Gasteiger partial charge in [-0.1, -0.05) is 17.3 Å². The van der Waals surface area contributed by atoms with Crippen molar-refractivity contribution in [3.05, 3.63) is 42.5 Å². The van der Waals surface area contributed by atoms with Gasteiger partial charge in [-0.25, -0.2) is 9.67 Å². The third-order valence-electron chi connectivity index (χ3n) is 6.01. The van der Waals surface area contributed by atoms with Gasteiger partial charge in [-0.3, -0.25) is 4.79 Å². The first-order valence-electron chi connectivity index (χ1n) is 10.3. The largest absolute Gasteiger partial charge is 0.426 e. The lowest BCUT2D eigenvalue weighted by molar-refractivity contribution is -0.367. The van der Waals surface area contributed by atoms with Crippen LogP contribution in [0.15, 0.2) is 36.7 Å². The Balaban J connectivity index is 1.42. The number of hydrogen-bond donors (Lipinski definition) is 1. The molecule has 1 fully saturated rings. The van der Waals surface area contributed by atoms with Crippen LogP contribution in [0, 0.1) is 0 Å². The molecule has 1 N–H and O–H groups in total. The van der Waals surface area contributed by atoms with Gasteiger partial charge in [0.1, 0.15) is 18.0 Å². The molecule has 3 heterocycles. The summed E-state index contributed by atoms with van der Waals surface area (Å²) in [6.45, 7) is 0.183. The first kappa shape index (κ1) is 24.0. The summed E-state index contributed by atoms with van der Waals surface area (Å²) in [5.74, 6) is -0.917. The van der Waals surface area contributed by atoms with Crippen molar-refractivity contribution < 1.29 is 36.2 Å². The van der Waals surface area contributed by atoms with Crippen LogP contribution in [0.2, 0.25) is 0 Å². The van der Waals surface area contributed by atoms with Gasteiger partial charge in [0.05, 0.1) is 11.9 Å². The van der Waals surface area contributed by atoms with E-state index in [0.717, 1.165) is 10.4 Å². The minimum absolute atomic E-state index is 0.0611. The predicted molar refractivity (Wildman–Crippen MR) is 105 cm³/mol. The highest BCUT2D eigenvalue weighted by Gasteiger charge is 2.71. The summed E-state index contributed by atoms with van der Waals surface area (Å²) >= 11 is 0. The molecule has 0 aliphatic carbocycles. The maximum atomic E-state index is 12.9. The number of para-hydroxylation sites is 1. The van der Waals surface area contributed by atoms with Crippen LogP contribution < -0.4 is 0 Å². The van der Waals surface area contributed by atoms with E-state index < -0.39 is 30.3 Å². The molecule has 0 atom stereocenters. The van der Waals surface area contributed by atoms with Crippen molar-refractivity contribution in [2.45, 2.75) is 49.8 Å². The topological polar surface area (TPSA) is 89.1 Å². The summed E-state index contributed by atoms with van der Waals surface area (Å²) in [5, 5.41) is 17.5. The van der Waals surface area contributed by atoms with E-state index in [-0.39, 0.29) is 31.8 Å². The molecular formula is C20H20F6N6O2. The van der Waals surface area contributed by atoms with E-state index in [4.69, 9.17) is 0 Å². The Bertz CT molecular complexity index is 1150. The Labute approximate surface area is 188 Å². The smallest absolute Gasteiger partial charge is 0.373 e. The highest BCUT2D eigenvalue weighted by molar-refractivity contribution is 5.77. The summed E-state index contributed by atoms with van der Waals surface area (Å²) in [4.78, 5) is 17.5. The molecule has 184 valence electrons. The molecule has 1 aromatic carbocycles. The van der Waals surface area contributed by atoms with Gasteiger partial charge in [-0.2, -0.15) is 26.3 Å². The van der Waals surface area contributed by atoms with Crippen molar-refractivity contribution in [1.82, 2.24) is 29.4 Å². The van der Waals surface area contributed by atoms with Gasteiger partial charge in [-0.15, -0.1) is 5.10 Å². The average Bonchev–Trinajstić information content (AvgIpc) is 3.40. The Morgan fingerprint density at radius 2 is 1.71 bits per heavy atom. The summed E-state index contributed by atoms with van der Waals surface area (Å²) in [7, 11) is 0. The maximum absolute atomic E-state index is 12.9. The lowest BCUT2D eigenvalue weighted by Gasteiger charge is -2.36. The first-order valence-corrected chi connectivity index (χ1v) is 10.3. The number of fused-ring (bicyclic) bond motifs is 1. The SMILES string of the molecule is O=C(CC(O)(C(F)(F)F)C(F)(F)F)N1CCC(c2nccn2Cn2nnc3ccccc32)CC1. The molecule has 3 aromatic rings. The van der Waals surface area contributed by atoms with E-state index in [1.807, 2.05) is 28.8 Å². The van der Waals surface area contributed by atoms with Gasteiger partial charge < -0.3 is 14.6 Å². The number of carbonyl (C=O) groups excluding carboxylic acids is 1. The second kappa shape index (κ2) is 8.56. The number of nitrogens with zero attached hydrogens (tertiary/aromatic N) is 6. The minimum Gasteiger partial charge on any atom is -0.373 e. The second-order valence-electron chi connectivity index (χ2n) is 8.16. The summed E-state index contributed by atoms with van der Waals surface area (Å²) < 4.78 is 81.0. The van der Waals surface area contributed by atoms with Crippen molar-refractivity contribution in [1.29, 1.82) is 0 Å². The standard InChI is InChI=1S/C20H20F6N6O2/c21-19(22,23)18(34,20(24,25)26)11-16(33)30-8-5-13(6-9-30)17-27-7-10-31(17)12-32-15-4-2-1-3-14(15)28-29-32/h1-4,7,10,13,34H,5-6,8-9,11-12H2. The van der Waals surface area contributed by atoms with E-state index in [9.17, 15) is 36.2 Å². The summed E-state index contributed by atoms with van der Waals surface area (Å²) in [6, 6.07) is 7.36. The third-order valence-corrected chi connectivity index (χ3v) is 6.01. The number of halogens is 6. The number of piperidine rings is 1. The zero-order valence-corrected chi connectivity index (χ0v) is 17.6. The zero-order chi connectivity index (χ0) is 24.7. The molecule has 0 spiro atoms. The summed E-state index contributed by atoms with van der Waals surface area (Å²) in [6.07, 6.45) is -10.3. The van der Waals surface area contributed by atoms with Crippen molar-refractivity contribution >= 4 is 16.9 Å². The lowest BCUT2D eigenvalue weighted by Crippen LogP contribution is -2.59. The number of hydrogen-bond acceptors (Lipinski definition) is 5. The molecule has 8 nitrogen and oxygen atoms in total. The van der Waals surface area contributed by atoms with Crippen LogP contribution in [-0.4, -0.2) is 71.5 Å². The second-order valence-corrected chi connectivity index (χ2v) is 8.16. The van der Waals surface area contributed by atoms with Gasteiger partial charge in [-0.05, 0) is 25.0 Å². The first-order chi connectivity index (χ1) is 15.9. The average molecular weight is 490 g/mol. The Morgan fingerprint density at radius 1 is 1.06 bits per heavy atom. The zero-order valence-electron chi connectivity index (χ0n) is 17.6. The number of rotatable bonds is 5. The van der Waals surface area contributed by atoms with Gasteiger partial charge in [0.15, 0.2) is 0 Å². The quantitative estimate of drug-likeness (QED) is 0.556. The maximum Gasteiger partial charge on any atom is 0.426 e. The van der Waals surface area contributed by atoms with E-state index in [1.165, 1.54) is 0 Å². The highest BCUT2D eigenvalue weighted by atomic mass is 19.4. The minimum atomic E-state index is -6.03. The van der Waals surface area contributed by atoms with E-state index in [1.54, 1.807) is 17.1 Å². The van der Waals surface area contributed by atoms with Crippen LogP contribution in [0.25, 0.3) is 11.0 Å². The van der Waals surface area contributed by atoms with E-state index >= 15 is 0 Å². The van der Waals surface area contributed by atoms with Crippen LogP contribution in [0.1, 0.15) is 31.0 Å². The van der Waals surface area contributed by atoms with Gasteiger partial charge >= 0.3 is 12.4 Å². The number of carbonyl (C=O) groups is 1. The Hall–Kier alpha value is -3.16. The molecule has 1 saturated heterocycles. The normalized spacial score (nSPS) is 16.4. The van der Waals surface area contributed by atoms with Crippen LogP contribution in [0.4, 0.5) is 26.3 Å². The van der Waals surface area contributed by atoms with Crippen molar-refractivity contribution in [3.8, 4) is 0 Å². The predicted octanol–water partition coefficient (Wildman–Crippen LogP) is 3.09. The number of likely N-dealkylation sites (tertiary alicyclic amines) is 1. The van der Waals surface area contributed by atoms with Crippen LogP contribution >= 0.6 is 0 Å². The molecular weight excluding hydrogens is 470 g/mol. The van der Waals surface area contributed by atoms with Crippen molar-refractivity contribution in [2.24, 2.45) is 0 Å². The number of aromatic nitrogens is 5. The number of amides is 1. The molecule has 1 amide bonds. The molecule has 2 aromatic heterocycles. The van der Waals surface area contributed by atoms with Gasteiger partial charge in [0.25, 0.3) is 5.60 Å². The molecule has 0 radical (unpaired) electrons. The van der Waals surface area contributed by atoms with Gasteiger partial charge in [0, 0.05) is 31.4 Å². The van der Waals surface area contributed by atoms with E-state index in [0.29, 0.717) is 18.0 Å². The molecule has 14 heteroatoms. The van der Waals surface area contributed by atoms with Crippen LogP contribution in [0.3, 0.4) is 0 Å². The van der Waals surface area contributed by atoms with Crippen molar-refractivity contribution in [2.75, 3.05) is 13.1 Å². The van der Waals surface area contributed by atoms with Crippen LogP contribution in [0.5, 0.6) is 0 Å². The van der Waals surface area contributed by atoms with Gasteiger partial charge in [0.2, 0.25) is 5.91 Å². The fourth-order valence-corrected chi connectivity index (χ4v) is 4.05. The number of benzene rings is 1. The Morgan fingerprint density at radius 3 is 2.35 bits per heavy atom. The highest BCUT2D eigenvalue weighted by Crippen LogP contribution is 2.45. The lowest BCUT2D eigenvalue weighted by atomic mass is 9.93. The monoisotopic (exact) mass is 490 g/mol. The van der Waals surface area contributed by atoms with E-state index in [2.05, 4.69) is 15.3 Å². The number of imidazole rings is 1. The number of alkyl halides is 6. The fourth-order valence-electron chi connectivity index (χ4n) is 4.05. The number of aliphatic hydroxyl groups is 1. The molecule has 4 rings (SSSR count). The summed E-state index contributed by atoms with van der Waals surface area (Å²) in [5.41, 5.74) is -3.57. The van der Waals surface area contributed by atoms with Crippen molar-refractivity contribution in [3.63, 3.8) is 0 Å². The molecule has 1 aliphatic heterocycles. The fraction of sp³-hybridized carbons (Fsp3) is 0.500. The molecule has 34 heavy (non-hydrogen) atoms.